The largest absolute Gasteiger partial charge is 0.355 e. The van der Waals surface area contributed by atoms with Crippen molar-refractivity contribution in [2.75, 3.05) is 13.6 Å². The average Bonchev–Trinajstić information content (AvgIpc) is 3.29. The second-order valence-electron chi connectivity index (χ2n) is 8.88. The molecule has 0 spiro atoms. The van der Waals surface area contributed by atoms with E-state index >= 15 is 0 Å². The van der Waals surface area contributed by atoms with Gasteiger partial charge in [-0.15, -0.1) is 0 Å². The molecular formula is C31H43ClN2O. The lowest BCUT2D eigenvalue weighted by molar-refractivity contribution is -0.116. The molecule has 1 heterocycles. The zero-order chi connectivity index (χ0) is 26.2. The zero-order valence-corrected chi connectivity index (χ0v) is 23.0. The summed E-state index contributed by atoms with van der Waals surface area (Å²) in [5.74, 6) is -0.181. The van der Waals surface area contributed by atoms with Gasteiger partial charge in [0, 0.05) is 30.2 Å². The number of nitrogens with zero attached hydrogens (tertiary/aromatic N) is 1. The third kappa shape index (κ3) is 12.1. The van der Waals surface area contributed by atoms with Crippen LogP contribution in [-0.4, -0.2) is 30.4 Å². The van der Waals surface area contributed by atoms with Crippen LogP contribution >= 0.6 is 11.6 Å². The predicted octanol–water partition coefficient (Wildman–Crippen LogP) is 7.56. The zero-order valence-electron chi connectivity index (χ0n) is 22.2. The minimum atomic E-state index is -0.181. The van der Waals surface area contributed by atoms with E-state index in [-0.39, 0.29) is 5.91 Å². The fraction of sp³-hybridized carbons (Fsp3) is 0.387. The summed E-state index contributed by atoms with van der Waals surface area (Å²) >= 11 is 5.77. The van der Waals surface area contributed by atoms with E-state index in [9.17, 15) is 4.79 Å². The highest BCUT2D eigenvalue weighted by atomic mass is 35.5. The van der Waals surface area contributed by atoms with Gasteiger partial charge in [-0.25, -0.2) is 0 Å². The molecule has 3 nitrogen and oxygen atoms in total. The van der Waals surface area contributed by atoms with Crippen molar-refractivity contribution in [3.8, 4) is 0 Å². The van der Waals surface area contributed by atoms with Crippen molar-refractivity contribution in [2.24, 2.45) is 0 Å². The Balaban J connectivity index is 0.000000277. The number of allylic oxidation sites excluding steroid dienone is 2. The average molecular weight is 495 g/mol. The van der Waals surface area contributed by atoms with Crippen LogP contribution in [0.4, 0.5) is 0 Å². The van der Waals surface area contributed by atoms with Crippen molar-refractivity contribution in [3.63, 3.8) is 0 Å². The molecule has 1 amide bonds. The van der Waals surface area contributed by atoms with Crippen molar-refractivity contribution in [1.29, 1.82) is 0 Å². The Kier molecular flexibility index (Phi) is 14.7. The quantitative estimate of drug-likeness (QED) is 0.244. The second-order valence-corrected chi connectivity index (χ2v) is 9.31. The van der Waals surface area contributed by atoms with Crippen LogP contribution in [0.1, 0.15) is 57.2 Å². The fourth-order valence-corrected chi connectivity index (χ4v) is 3.75. The highest BCUT2D eigenvalue weighted by Crippen LogP contribution is 2.19. The van der Waals surface area contributed by atoms with Gasteiger partial charge in [0.05, 0.1) is 0 Å². The van der Waals surface area contributed by atoms with E-state index in [1.807, 2.05) is 12.1 Å². The summed E-state index contributed by atoms with van der Waals surface area (Å²) in [5.41, 5.74) is 5.99. The van der Waals surface area contributed by atoms with E-state index in [1.165, 1.54) is 47.7 Å². The summed E-state index contributed by atoms with van der Waals surface area (Å²) in [6.07, 6.45) is 8.45. The highest BCUT2D eigenvalue weighted by Gasteiger charge is 2.19. The number of carbonyl (C=O) groups is 1. The smallest absolute Gasteiger partial charge is 0.250 e. The number of benzene rings is 2. The van der Waals surface area contributed by atoms with Gasteiger partial charge in [0.25, 0.3) is 0 Å². The van der Waals surface area contributed by atoms with Crippen LogP contribution in [0, 0.1) is 0 Å². The summed E-state index contributed by atoms with van der Waals surface area (Å²) in [6, 6.07) is 17.8. The maximum atomic E-state index is 10.5. The third-order valence-corrected chi connectivity index (χ3v) is 6.41. The Hall–Kier alpha value is -2.62. The van der Waals surface area contributed by atoms with Gasteiger partial charge >= 0.3 is 0 Å². The molecule has 0 bridgehead atoms. The number of halogens is 1. The monoisotopic (exact) mass is 494 g/mol. The van der Waals surface area contributed by atoms with Gasteiger partial charge in [-0.3, -0.25) is 9.69 Å². The SMILES string of the molecule is C/C=C(\C)Cc1ccc(Cl)cc1.C=CC(=C)C(=O)NC.CCc1ccc(CN2CCCC2C)cc1. The van der Waals surface area contributed by atoms with Crippen molar-refractivity contribution in [3.05, 3.63) is 107 Å². The molecule has 3 rings (SSSR count). The van der Waals surface area contributed by atoms with E-state index < -0.39 is 0 Å². The minimum absolute atomic E-state index is 0.181. The lowest BCUT2D eigenvalue weighted by Crippen LogP contribution is -2.26. The summed E-state index contributed by atoms with van der Waals surface area (Å²) in [4.78, 5) is 13.0. The summed E-state index contributed by atoms with van der Waals surface area (Å²) in [5, 5.41) is 3.21. The molecule has 0 aromatic heterocycles. The number of likely N-dealkylation sites (tertiary alicyclic amines) is 1. The van der Waals surface area contributed by atoms with Gasteiger partial charge in [0.1, 0.15) is 0 Å². The molecule has 2 aromatic rings. The van der Waals surface area contributed by atoms with Gasteiger partial charge in [-0.2, -0.15) is 0 Å². The van der Waals surface area contributed by atoms with Crippen molar-refractivity contribution >= 4 is 17.5 Å². The molecule has 4 heteroatoms. The Morgan fingerprint density at radius 3 is 2.11 bits per heavy atom. The van der Waals surface area contributed by atoms with Gasteiger partial charge in [0.2, 0.25) is 5.91 Å². The number of nitrogens with one attached hydrogen (secondary N) is 1. The Bertz CT molecular complexity index is 945. The lowest BCUT2D eigenvalue weighted by Gasteiger charge is -2.20. The molecule has 1 saturated heterocycles. The van der Waals surface area contributed by atoms with Crippen LogP contribution in [0.25, 0.3) is 0 Å². The molecular weight excluding hydrogens is 452 g/mol. The first kappa shape index (κ1) is 30.4. The van der Waals surface area contributed by atoms with E-state index in [1.54, 1.807) is 7.05 Å². The number of rotatable bonds is 7. The van der Waals surface area contributed by atoms with Crippen LogP contribution in [0.2, 0.25) is 5.02 Å². The summed E-state index contributed by atoms with van der Waals surface area (Å²) < 4.78 is 0. The second kappa shape index (κ2) is 16.9. The van der Waals surface area contributed by atoms with E-state index in [4.69, 9.17) is 11.6 Å². The number of carbonyl (C=O) groups excluding carboxylic acids is 1. The number of hydrogen-bond acceptors (Lipinski definition) is 2. The molecule has 1 unspecified atom stereocenters. The summed E-state index contributed by atoms with van der Waals surface area (Å²) in [6.45, 7) is 17.9. The van der Waals surface area contributed by atoms with E-state index in [0.717, 1.165) is 30.5 Å². The van der Waals surface area contributed by atoms with Crippen LogP contribution < -0.4 is 5.32 Å². The molecule has 2 aromatic carbocycles. The van der Waals surface area contributed by atoms with Crippen molar-refractivity contribution < 1.29 is 4.79 Å². The fourth-order valence-electron chi connectivity index (χ4n) is 3.62. The van der Waals surface area contributed by atoms with Gasteiger partial charge in [0.15, 0.2) is 0 Å². The minimum Gasteiger partial charge on any atom is -0.355 e. The molecule has 1 aliphatic heterocycles. The topological polar surface area (TPSA) is 32.3 Å². The van der Waals surface area contributed by atoms with Crippen molar-refractivity contribution in [1.82, 2.24) is 10.2 Å². The Morgan fingerprint density at radius 2 is 1.69 bits per heavy atom. The maximum Gasteiger partial charge on any atom is 0.250 e. The molecule has 1 atom stereocenters. The van der Waals surface area contributed by atoms with Gasteiger partial charge in [-0.1, -0.05) is 85.8 Å². The lowest BCUT2D eigenvalue weighted by atomic mass is 10.1. The van der Waals surface area contributed by atoms with Gasteiger partial charge < -0.3 is 5.32 Å². The molecule has 0 aliphatic carbocycles. The molecule has 0 saturated carbocycles. The molecule has 0 radical (unpaired) electrons. The van der Waals surface area contributed by atoms with Crippen LogP contribution in [0.5, 0.6) is 0 Å². The van der Waals surface area contributed by atoms with Crippen LogP contribution in [0.15, 0.2) is 85.0 Å². The van der Waals surface area contributed by atoms with Crippen LogP contribution in [0.3, 0.4) is 0 Å². The molecule has 1 aliphatic rings. The standard InChI is InChI=1S/C14H21N.C11H13Cl.C6H9NO/c1-3-13-6-8-14(9-7-13)11-15-10-4-5-12(15)2;1-3-9(2)8-10-4-6-11(12)7-5-10;1-4-5(2)6(8)7-3/h6-9,12H,3-5,10-11H2,1-2H3;3-7H,8H2,1-2H3;4H,1-2H2,3H3,(H,7,8)/b;9-3+;. The van der Waals surface area contributed by atoms with Crippen LogP contribution in [-0.2, 0) is 24.2 Å². The van der Waals surface area contributed by atoms with Crippen molar-refractivity contribution in [2.45, 2.75) is 66.0 Å². The normalized spacial score (nSPS) is 15.3. The van der Waals surface area contributed by atoms with E-state index in [2.05, 4.69) is 93.5 Å². The molecule has 1 fully saturated rings. The predicted molar refractivity (Wildman–Crippen MR) is 153 cm³/mol. The van der Waals surface area contributed by atoms with E-state index in [0.29, 0.717) is 5.57 Å². The molecule has 1 N–H and O–H groups in total. The highest BCUT2D eigenvalue weighted by molar-refractivity contribution is 6.30. The molecule has 35 heavy (non-hydrogen) atoms. The summed E-state index contributed by atoms with van der Waals surface area (Å²) in [7, 11) is 1.55. The number of hydrogen-bond donors (Lipinski definition) is 1. The Morgan fingerprint density at radius 1 is 1.11 bits per heavy atom. The first-order valence-corrected chi connectivity index (χ1v) is 12.8. The number of amides is 1. The number of aryl methyl sites for hydroxylation is 1. The third-order valence-electron chi connectivity index (χ3n) is 6.16. The van der Waals surface area contributed by atoms with Gasteiger partial charge in [-0.05, 0) is 81.8 Å². The Labute approximate surface area is 218 Å². The number of likely N-dealkylation sites (N-methyl/N-ethyl adjacent to an activating group) is 1. The first-order chi connectivity index (χ1) is 16.7. The maximum absolute atomic E-state index is 10.5. The first-order valence-electron chi connectivity index (χ1n) is 12.4. The molecule has 190 valence electrons.